The number of carbonyl (C=O) groups is 2. The zero-order valence-electron chi connectivity index (χ0n) is 23.4. The van der Waals surface area contributed by atoms with Gasteiger partial charge in [-0.05, 0) is 31.2 Å². The molecule has 2 aromatic heterocycles. The van der Waals surface area contributed by atoms with E-state index < -0.39 is 14.0 Å². The van der Waals surface area contributed by atoms with E-state index in [1.165, 1.54) is 13.4 Å². The van der Waals surface area contributed by atoms with Crippen LogP contribution in [0.25, 0.3) is 11.4 Å². The Labute approximate surface area is 245 Å². The Morgan fingerprint density at radius 2 is 1.98 bits per heavy atom. The van der Waals surface area contributed by atoms with Crippen molar-refractivity contribution < 1.29 is 23.6 Å². The van der Waals surface area contributed by atoms with Crippen LogP contribution in [0.5, 0.6) is 0 Å². The smallest absolute Gasteiger partial charge is 0.333 e. The van der Waals surface area contributed by atoms with E-state index in [1.54, 1.807) is 27.8 Å². The van der Waals surface area contributed by atoms with Gasteiger partial charge in [-0.15, -0.1) is 0 Å². The molecular formula is C28H34Cl2N4O5Si. The van der Waals surface area contributed by atoms with Crippen molar-refractivity contribution in [1.82, 2.24) is 19.8 Å². The van der Waals surface area contributed by atoms with Crippen molar-refractivity contribution in [3.05, 3.63) is 69.0 Å². The number of ether oxygens (including phenoxy) is 2. The number of benzene rings is 1. The summed E-state index contributed by atoms with van der Waals surface area (Å²) in [5, 5.41) is 9.89. The number of hydrogen-bond acceptors (Lipinski definition) is 7. The lowest BCUT2D eigenvalue weighted by atomic mass is 9.93. The predicted octanol–water partition coefficient (Wildman–Crippen LogP) is 6.19. The maximum atomic E-state index is 13.6. The number of amides is 1. The molecule has 3 aromatic rings. The molecule has 0 saturated carbocycles. The molecule has 12 heteroatoms. The van der Waals surface area contributed by atoms with E-state index in [2.05, 4.69) is 31.4 Å². The molecule has 0 spiro atoms. The molecule has 3 heterocycles. The summed E-state index contributed by atoms with van der Waals surface area (Å²) in [7, 11) is 0.0285. The van der Waals surface area contributed by atoms with E-state index >= 15 is 0 Å². The van der Waals surface area contributed by atoms with Gasteiger partial charge in [-0.25, -0.2) is 9.48 Å². The number of rotatable bonds is 10. The molecule has 0 bridgehead atoms. The fourth-order valence-electron chi connectivity index (χ4n) is 4.69. The van der Waals surface area contributed by atoms with E-state index in [9.17, 15) is 9.59 Å². The average molecular weight is 606 g/mol. The van der Waals surface area contributed by atoms with Crippen molar-refractivity contribution in [2.24, 2.45) is 0 Å². The summed E-state index contributed by atoms with van der Waals surface area (Å²) in [4.78, 5) is 27.5. The predicted molar refractivity (Wildman–Crippen MR) is 156 cm³/mol. The first-order valence-corrected chi connectivity index (χ1v) is 17.5. The molecule has 0 radical (unpaired) electrons. The van der Waals surface area contributed by atoms with Gasteiger partial charge in [0, 0.05) is 56.3 Å². The fraction of sp³-hybridized carbons (Fsp3) is 0.429. The molecule has 1 amide bonds. The highest BCUT2D eigenvalue weighted by molar-refractivity contribution is 6.76. The first kappa shape index (κ1) is 30.0. The summed E-state index contributed by atoms with van der Waals surface area (Å²) < 4.78 is 18.1. The van der Waals surface area contributed by atoms with Crippen LogP contribution in [0.2, 0.25) is 35.7 Å². The standard InChI is InChI=1S/C28H34Cl2N4O5Si/c1-17(28(36)37-3)13-20-15-39-32-25(20)26-24-18(2)33(27(35)19-7-8-21(29)22(30)14-19)10-9-23(24)31-34(26)16-38-11-12-40(4,5)6/h7-8,14-15,18H,1,9-13,16H2,2-6H3/t18-/m1/s1. The maximum absolute atomic E-state index is 13.6. The number of esters is 1. The van der Waals surface area contributed by atoms with Crippen LogP contribution >= 0.6 is 23.2 Å². The van der Waals surface area contributed by atoms with E-state index in [0.29, 0.717) is 52.1 Å². The van der Waals surface area contributed by atoms with Gasteiger partial charge in [0.25, 0.3) is 5.91 Å². The van der Waals surface area contributed by atoms with Gasteiger partial charge in [0.2, 0.25) is 0 Å². The number of nitrogens with zero attached hydrogens (tertiary/aromatic N) is 4. The summed E-state index contributed by atoms with van der Waals surface area (Å²) in [6.45, 7) is 14.0. The first-order valence-electron chi connectivity index (χ1n) is 13.0. The number of halogens is 2. The Hall–Kier alpha value is -2.92. The van der Waals surface area contributed by atoms with Gasteiger partial charge in [0.1, 0.15) is 18.7 Å². The van der Waals surface area contributed by atoms with Crippen molar-refractivity contribution in [2.75, 3.05) is 20.3 Å². The third kappa shape index (κ3) is 6.51. The van der Waals surface area contributed by atoms with Crippen LogP contribution in [-0.4, -0.2) is 60.0 Å². The van der Waals surface area contributed by atoms with Gasteiger partial charge in [-0.1, -0.05) is 54.6 Å². The minimum Gasteiger partial charge on any atom is -0.466 e. The Morgan fingerprint density at radius 3 is 2.65 bits per heavy atom. The number of fused-ring (bicyclic) bond motifs is 1. The second-order valence-electron chi connectivity index (χ2n) is 11.1. The van der Waals surface area contributed by atoms with Crippen molar-refractivity contribution in [1.29, 1.82) is 0 Å². The van der Waals surface area contributed by atoms with E-state index in [4.69, 9.17) is 42.3 Å². The van der Waals surface area contributed by atoms with Crippen molar-refractivity contribution >= 4 is 43.2 Å². The largest absolute Gasteiger partial charge is 0.466 e. The average Bonchev–Trinajstić information content (AvgIpc) is 3.51. The van der Waals surface area contributed by atoms with Gasteiger partial charge >= 0.3 is 5.97 Å². The molecular weight excluding hydrogens is 571 g/mol. The molecule has 0 unspecified atom stereocenters. The third-order valence-electron chi connectivity index (χ3n) is 6.92. The van der Waals surface area contributed by atoms with Crippen LogP contribution in [0.4, 0.5) is 0 Å². The lowest BCUT2D eigenvalue weighted by Crippen LogP contribution is -2.38. The lowest BCUT2D eigenvalue weighted by Gasteiger charge is -2.33. The quantitative estimate of drug-likeness (QED) is 0.118. The Balaban J connectivity index is 1.72. The van der Waals surface area contributed by atoms with Gasteiger partial charge in [0.15, 0.2) is 0 Å². The third-order valence-corrected chi connectivity index (χ3v) is 9.37. The summed E-state index contributed by atoms with van der Waals surface area (Å²) in [5.74, 6) is -0.676. The van der Waals surface area contributed by atoms with Crippen LogP contribution in [0, 0.1) is 0 Å². The van der Waals surface area contributed by atoms with Crippen molar-refractivity contribution in [3.8, 4) is 11.4 Å². The molecule has 0 N–H and O–H groups in total. The number of carbonyl (C=O) groups excluding carboxylic acids is 2. The van der Waals surface area contributed by atoms with Crippen LogP contribution in [0.3, 0.4) is 0 Å². The molecule has 9 nitrogen and oxygen atoms in total. The molecule has 1 aliphatic rings. The monoisotopic (exact) mass is 604 g/mol. The van der Waals surface area contributed by atoms with Gasteiger partial charge < -0.3 is 18.9 Å². The highest BCUT2D eigenvalue weighted by atomic mass is 35.5. The van der Waals surface area contributed by atoms with Gasteiger partial charge in [-0.2, -0.15) is 5.10 Å². The molecule has 0 aliphatic carbocycles. The van der Waals surface area contributed by atoms with Crippen molar-refractivity contribution in [2.45, 2.75) is 58.2 Å². The van der Waals surface area contributed by atoms with Crippen LogP contribution in [0.15, 0.2) is 41.1 Å². The van der Waals surface area contributed by atoms with Gasteiger partial charge in [0.05, 0.1) is 34.6 Å². The second-order valence-corrected chi connectivity index (χ2v) is 17.5. The summed E-state index contributed by atoms with van der Waals surface area (Å²) in [6, 6.07) is 5.54. The zero-order chi connectivity index (χ0) is 29.2. The molecule has 40 heavy (non-hydrogen) atoms. The summed E-state index contributed by atoms with van der Waals surface area (Å²) in [6.07, 6.45) is 2.22. The minimum absolute atomic E-state index is 0.166. The fourth-order valence-corrected chi connectivity index (χ4v) is 5.75. The highest BCUT2D eigenvalue weighted by Crippen LogP contribution is 2.39. The van der Waals surface area contributed by atoms with Crippen molar-refractivity contribution in [3.63, 3.8) is 0 Å². The SMILES string of the molecule is C=C(Cc1conc1-c1c2c(nn1COCC[Si](C)(C)C)CCN(C(=O)c1ccc(Cl)c(Cl)c1)[C@@H]2C)C(=O)OC. The molecule has 1 atom stereocenters. The Kier molecular flexibility index (Phi) is 9.24. The normalized spacial score (nSPS) is 15.2. The van der Waals surface area contributed by atoms with E-state index in [-0.39, 0.29) is 30.7 Å². The molecule has 4 rings (SSSR count). The zero-order valence-corrected chi connectivity index (χ0v) is 25.9. The van der Waals surface area contributed by atoms with Crippen LogP contribution in [-0.2, 0) is 33.8 Å². The Morgan fingerprint density at radius 1 is 1.23 bits per heavy atom. The molecule has 1 aliphatic heterocycles. The highest BCUT2D eigenvalue weighted by Gasteiger charge is 2.36. The van der Waals surface area contributed by atoms with Crippen LogP contribution in [0.1, 0.15) is 40.1 Å². The molecule has 0 fully saturated rings. The van der Waals surface area contributed by atoms with E-state index in [1.807, 2.05) is 6.92 Å². The lowest BCUT2D eigenvalue weighted by molar-refractivity contribution is -0.136. The number of methoxy groups -OCH3 is 1. The maximum Gasteiger partial charge on any atom is 0.333 e. The molecule has 1 aromatic carbocycles. The Bertz CT molecular complexity index is 1430. The second kappa shape index (κ2) is 12.3. The van der Waals surface area contributed by atoms with Gasteiger partial charge in [-0.3, -0.25) is 4.79 Å². The molecule has 214 valence electrons. The summed E-state index contributed by atoms with van der Waals surface area (Å²) in [5.41, 5.74) is 4.28. The first-order chi connectivity index (χ1) is 18.9. The summed E-state index contributed by atoms with van der Waals surface area (Å²) >= 11 is 12.3. The topological polar surface area (TPSA) is 99.7 Å². The van der Waals surface area contributed by atoms with Crippen LogP contribution < -0.4 is 0 Å². The number of aromatic nitrogens is 3. The molecule has 0 saturated heterocycles. The minimum atomic E-state index is -1.28. The number of hydrogen-bond donors (Lipinski definition) is 0. The van der Waals surface area contributed by atoms with E-state index in [0.717, 1.165) is 17.3 Å².